The number of carbonyl (C=O) groups is 1. The summed E-state index contributed by atoms with van der Waals surface area (Å²) in [5, 5.41) is 2.35. The van der Waals surface area contributed by atoms with E-state index in [1.165, 1.54) is 0 Å². The van der Waals surface area contributed by atoms with Crippen molar-refractivity contribution in [2.24, 2.45) is 5.73 Å². The van der Waals surface area contributed by atoms with E-state index in [1.54, 1.807) is 0 Å². The maximum atomic E-state index is 13.3. The molecule has 0 aromatic heterocycles. The zero-order valence-electron chi connectivity index (χ0n) is 13.1. The maximum absolute atomic E-state index is 13.3. The van der Waals surface area contributed by atoms with Crippen LogP contribution in [0.25, 0.3) is 0 Å². The highest BCUT2D eigenvalue weighted by molar-refractivity contribution is 7.99. The molecule has 0 bridgehead atoms. The molecule has 1 aromatic carbocycles. The van der Waals surface area contributed by atoms with Gasteiger partial charge in [-0.2, -0.15) is 11.8 Å². The van der Waals surface area contributed by atoms with Gasteiger partial charge in [-0.05, 0) is 5.56 Å². The monoisotopic (exact) mass is 401 g/mol. The van der Waals surface area contributed by atoms with Gasteiger partial charge in [0.25, 0.3) is 5.92 Å². The fourth-order valence-corrected chi connectivity index (χ4v) is 3.32. The molecule has 4 nitrogen and oxygen atoms in total. The van der Waals surface area contributed by atoms with Gasteiger partial charge < -0.3 is 11.1 Å². The molecule has 0 radical (unpaired) electrons. The zero-order chi connectivity index (χ0) is 16.0. The minimum atomic E-state index is -3.07. The molecule has 1 fully saturated rings. The SMILES string of the molecule is Cl.Cl.NCC(F)(F)CNC(=O)C(c1ccccc1)N1CCSCC1. The summed E-state index contributed by atoms with van der Waals surface area (Å²) in [5.41, 5.74) is 5.83. The van der Waals surface area contributed by atoms with Gasteiger partial charge in [0.1, 0.15) is 6.04 Å². The Morgan fingerprint density at radius 1 is 1.25 bits per heavy atom. The second kappa shape index (κ2) is 11.1. The molecule has 0 aliphatic carbocycles. The Hall–Kier alpha value is -0.600. The van der Waals surface area contributed by atoms with E-state index in [1.807, 2.05) is 47.0 Å². The number of hydrogen-bond donors (Lipinski definition) is 2. The first kappa shape index (κ1) is 23.4. The minimum Gasteiger partial charge on any atom is -0.348 e. The average Bonchev–Trinajstić information content (AvgIpc) is 2.55. The van der Waals surface area contributed by atoms with Crippen molar-refractivity contribution in [3.63, 3.8) is 0 Å². The summed E-state index contributed by atoms with van der Waals surface area (Å²) in [5.74, 6) is -1.59. The van der Waals surface area contributed by atoms with Gasteiger partial charge in [0.2, 0.25) is 5.91 Å². The summed E-state index contributed by atoms with van der Waals surface area (Å²) in [6.07, 6.45) is 0. The van der Waals surface area contributed by atoms with Gasteiger partial charge in [0, 0.05) is 24.6 Å². The Balaban J connectivity index is 0.00000264. The molecule has 138 valence electrons. The number of halogens is 4. The van der Waals surface area contributed by atoms with Crippen molar-refractivity contribution < 1.29 is 13.6 Å². The first-order valence-corrected chi connectivity index (χ1v) is 8.41. The van der Waals surface area contributed by atoms with Gasteiger partial charge in [-0.25, -0.2) is 8.78 Å². The quantitative estimate of drug-likeness (QED) is 0.767. The molecule has 3 N–H and O–H groups in total. The molecule has 1 heterocycles. The first-order chi connectivity index (χ1) is 10.5. The highest BCUT2D eigenvalue weighted by Gasteiger charge is 2.32. The number of amides is 1. The van der Waals surface area contributed by atoms with Gasteiger partial charge in [0.15, 0.2) is 0 Å². The van der Waals surface area contributed by atoms with Crippen LogP contribution in [-0.4, -0.2) is 54.4 Å². The zero-order valence-corrected chi connectivity index (χ0v) is 15.6. The van der Waals surface area contributed by atoms with Crippen LogP contribution in [0.3, 0.4) is 0 Å². The van der Waals surface area contributed by atoms with E-state index in [9.17, 15) is 13.6 Å². The van der Waals surface area contributed by atoms with Crippen molar-refractivity contribution in [2.45, 2.75) is 12.0 Å². The number of alkyl halides is 2. The van der Waals surface area contributed by atoms with Crippen LogP contribution < -0.4 is 11.1 Å². The molecule has 1 unspecified atom stereocenters. The van der Waals surface area contributed by atoms with E-state index < -0.39 is 31.0 Å². The molecule has 1 aliphatic rings. The minimum absolute atomic E-state index is 0. The lowest BCUT2D eigenvalue weighted by molar-refractivity contribution is -0.128. The number of benzene rings is 1. The Morgan fingerprint density at radius 3 is 2.38 bits per heavy atom. The van der Waals surface area contributed by atoms with E-state index in [4.69, 9.17) is 5.73 Å². The molecule has 24 heavy (non-hydrogen) atoms. The summed E-state index contributed by atoms with van der Waals surface area (Å²) < 4.78 is 26.5. The van der Waals surface area contributed by atoms with E-state index in [2.05, 4.69) is 5.32 Å². The lowest BCUT2D eigenvalue weighted by Crippen LogP contribution is -2.48. The summed E-state index contributed by atoms with van der Waals surface area (Å²) in [6.45, 7) is 0.0355. The third kappa shape index (κ3) is 6.72. The van der Waals surface area contributed by atoms with Crippen LogP contribution in [0.4, 0.5) is 8.78 Å². The molecule has 0 saturated carbocycles. The number of nitrogens with zero attached hydrogens (tertiary/aromatic N) is 1. The van der Waals surface area contributed by atoms with Crippen LogP contribution in [0.1, 0.15) is 11.6 Å². The van der Waals surface area contributed by atoms with E-state index in [0.29, 0.717) is 0 Å². The Kier molecular flexibility index (Phi) is 10.8. The highest BCUT2D eigenvalue weighted by Crippen LogP contribution is 2.24. The Labute approximate surface area is 157 Å². The standard InChI is InChI=1S/C15H21F2N3OS.2ClH/c16-15(17,10-18)11-19-14(21)13(12-4-2-1-3-5-12)20-6-8-22-9-7-20;;/h1-5,13H,6-11,18H2,(H,19,21);2*1H. The van der Waals surface area contributed by atoms with Crippen molar-refractivity contribution in [3.05, 3.63) is 35.9 Å². The number of carbonyl (C=O) groups excluding carboxylic acids is 1. The summed E-state index contributed by atoms with van der Waals surface area (Å²) in [7, 11) is 0. The van der Waals surface area contributed by atoms with Gasteiger partial charge >= 0.3 is 0 Å². The highest BCUT2D eigenvalue weighted by atomic mass is 35.5. The van der Waals surface area contributed by atoms with E-state index >= 15 is 0 Å². The van der Waals surface area contributed by atoms with Crippen LogP contribution in [0.2, 0.25) is 0 Å². The van der Waals surface area contributed by atoms with E-state index in [-0.39, 0.29) is 24.8 Å². The van der Waals surface area contributed by atoms with Crippen molar-refractivity contribution in [2.75, 3.05) is 37.7 Å². The van der Waals surface area contributed by atoms with E-state index in [0.717, 1.165) is 30.2 Å². The molecule has 0 spiro atoms. The van der Waals surface area contributed by atoms with Crippen molar-refractivity contribution in [1.29, 1.82) is 0 Å². The molecule has 1 atom stereocenters. The first-order valence-electron chi connectivity index (χ1n) is 7.26. The fraction of sp³-hybridized carbons (Fsp3) is 0.533. The smallest absolute Gasteiger partial charge is 0.277 e. The number of thioether (sulfide) groups is 1. The second-order valence-corrected chi connectivity index (χ2v) is 6.46. The number of rotatable bonds is 6. The van der Waals surface area contributed by atoms with Crippen LogP contribution in [0.15, 0.2) is 30.3 Å². The van der Waals surface area contributed by atoms with Gasteiger partial charge in [0.05, 0.1) is 13.1 Å². The molecule has 9 heteroatoms. The number of nitrogens with one attached hydrogen (secondary N) is 1. The topological polar surface area (TPSA) is 58.4 Å². The third-order valence-corrected chi connectivity index (χ3v) is 4.54. The number of hydrogen-bond acceptors (Lipinski definition) is 4. The molecular weight excluding hydrogens is 379 g/mol. The molecular formula is C15H23Cl2F2N3OS. The van der Waals surface area contributed by atoms with Gasteiger partial charge in [-0.3, -0.25) is 9.69 Å². The Bertz CT molecular complexity index is 491. The predicted molar refractivity (Wildman–Crippen MR) is 99.6 cm³/mol. The van der Waals surface area contributed by atoms with Crippen LogP contribution in [0.5, 0.6) is 0 Å². The average molecular weight is 402 g/mol. The third-order valence-electron chi connectivity index (χ3n) is 3.59. The van der Waals surface area contributed by atoms with Crippen molar-refractivity contribution in [1.82, 2.24) is 10.2 Å². The summed E-state index contributed by atoms with van der Waals surface area (Å²) in [6, 6.07) is 8.74. The van der Waals surface area contributed by atoms with Crippen molar-refractivity contribution in [3.8, 4) is 0 Å². The molecule has 1 aliphatic heterocycles. The van der Waals surface area contributed by atoms with Crippen LogP contribution >= 0.6 is 36.6 Å². The van der Waals surface area contributed by atoms with Gasteiger partial charge in [-0.15, -0.1) is 24.8 Å². The fourth-order valence-electron chi connectivity index (χ4n) is 2.38. The lowest BCUT2D eigenvalue weighted by atomic mass is 10.0. The molecule has 1 amide bonds. The van der Waals surface area contributed by atoms with Crippen molar-refractivity contribution >= 4 is 42.5 Å². The predicted octanol–water partition coefficient (Wildman–Crippen LogP) is 2.33. The lowest BCUT2D eigenvalue weighted by Gasteiger charge is -2.34. The van der Waals surface area contributed by atoms with Crippen LogP contribution in [-0.2, 0) is 4.79 Å². The normalized spacial score (nSPS) is 16.5. The Morgan fingerprint density at radius 2 is 1.83 bits per heavy atom. The maximum Gasteiger partial charge on any atom is 0.277 e. The summed E-state index contributed by atoms with van der Waals surface area (Å²) >= 11 is 1.83. The molecule has 1 aromatic rings. The summed E-state index contributed by atoms with van der Waals surface area (Å²) in [4.78, 5) is 14.5. The second-order valence-electron chi connectivity index (χ2n) is 5.24. The van der Waals surface area contributed by atoms with Crippen LogP contribution in [0, 0.1) is 0 Å². The van der Waals surface area contributed by atoms with Gasteiger partial charge in [-0.1, -0.05) is 30.3 Å². The largest absolute Gasteiger partial charge is 0.348 e. The molecule has 1 saturated heterocycles. The molecule has 2 rings (SSSR count). The number of nitrogens with two attached hydrogens (primary N) is 1.